The molecule has 0 N–H and O–H groups in total. The number of hydrogen-bond donors (Lipinski definition) is 0. The first-order chi connectivity index (χ1) is 16.5. The van der Waals surface area contributed by atoms with Crippen LogP contribution in [0.15, 0.2) is 42.5 Å². The van der Waals surface area contributed by atoms with Gasteiger partial charge in [0.15, 0.2) is 11.5 Å². The number of nitrogens with zero attached hydrogens (tertiary/aromatic N) is 3. The van der Waals surface area contributed by atoms with Gasteiger partial charge in [0.25, 0.3) is 5.91 Å². The van der Waals surface area contributed by atoms with Gasteiger partial charge in [-0.05, 0) is 43.2 Å². The van der Waals surface area contributed by atoms with Gasteiger partial charge in [-0.25, -0.2) is 4.98 Å². The Labute approximate surface area is 199 Å². The van der Waals surface area contributed by atoms with Crippen molar-refractivity contribution in [1.29, 1.82) is 0 Å². The van der Waals surface area contributed by atoms with E-state index in [0.717, 1.165) is 41.7 Å². The number of fused-ring (bicyclic) bond motifs is 2. The number of aromatic nitrogens is 1. The average molecular weight is 464 g/mol. The zero-order valence-electron chi connectivity index (χ0n) is 19.7. The molecule has 3 aromatic rings. The maximum absolute atomic E-state index is 13.6. The minimum atomic E-state index is -0.0649. The van der Waals surface area contributed by atoms with Crippen molar-refractivity contribution in [2.45, 2.75) is 25.5 Å². The van der Waals surface area contributed by atoms with Gasteiger partial charge in [-0.1, -0.05) is 6.07 Å². The van der Waals surface area contributed by atoms with Gasteiger partial charge in [0.1, 0.15) is 11.6 Å². The summed E-state index contributed by atoms with van der Waals surface area (Å²) in [5.41, 5.74) is 2.35. The summed E-state index contributed by atoms with van der Waals surface area (Å²) in [7, 11) is 5.52. The van der Waals surface area contributed by atoms with Crippen LogP contribution in [0.4, 0.5) is 5.82 Å². The molecule has 1 fully saturated rings. The first kappa shape index (κ1) is 22.3. The predicted molar refractivity (Wildman–Crippen MR) is 129 cm³/mol. The molecule has 178 valence electrons. The Morgan fingerprint density at radius 2 is 1.97 bits per heavy atom. The van der Waals surface area contributed by atoms with E-state index >= 15 is 0 Å². The highest BCUT2D eigenvalue weighted by Crippen LogP contribution is 2.37. The molecular weight excluding hydrogens is 434 g/mol. The molecule has 1 saturated heterocycles. The van der Waals surface area contributed by atoms with Crippen molar-refractivity contribution >= 4 is 22.6 Å². The van der Waals surface area contributed by atoms with Gasteiger partial charge in [0.05, 0.1) is 18.7 Å². The SMILES string of the molecule is COc1cccc(C(=O)N(Cc2cc3cc4c(cc3nc2N(C)C)OCO4)CC2CCCO2)c1. The van der Waals surface area contributed by atoms with E-state index in [1.807, 2.05) is 54.2 Å². The summed E-state index contributed by atoms with van der Waals surface area (Å²) >= 11 is 0. The molecule has 0 aliphatic carbocycles. The molecule has 3 heterocycles. The number of amides is 1. The van der Waals surface area contributed by atoms with E-state index in [2.05, 4.69) is 6.07 Å². The second-order valence-corrected chi connectivity index (χ2v) is 8.82. The second kappa shape index (κ2) is 9.38. The van der Waals surface area contributed by atoms with E-state index in [-0.39, 0.29) is 18.8 Å². The van der Waals surface area contributed by atoms with Gasteiger partial charge in [-0.3, -0.25) is 4.79 Å². The van der Waals surface area contributed by atoms with Crippen LogP contribution in [0.25, 0.3) is 10.9 Å². The van der Waals surface area contributed by atoms with Gasteiger partial charge < -0.3 is 28.7 Å². The number of carbonyl (C=O) groups excluding carboxylic acids is 1. The fourth-order valence-electron chi connectivity index (χ4n) is 4.50. The third kappa shape index (κ3) is 4.46. The van der Waals surface area contributed by atoms with Crippen molar-refractivity contribution in [2.24, 2.45) is 0 Å². The molecule has 8 heteroatoms. The van der Waals surface area contributed by atoms with Crippen molar-refractivity contribution in [3.8, 4) is 17.2 Å². The highest BCUT2D eigenvalue weighted by atomic mass is 16.7. The molecule has 1 atom stereocenters. The standard InChI is InChI=1S/C26H29N3O5/c1-28(2)25-19(10-18-12-23-24(34-16-33-23)13-22(18)27-25)14-29(15-21-8-5-9-32-21)26(30)17-6-4-7-20(11-17)31-3/h4,6-7,10-13,21H,5,8-9,14-16H2,1-3H3. The molecule has 0 saturated carbocycles. The van der Waals surface area contributed by atoms with Crippen LogP contribution in [-0.4, -0.2) is 63.0 Å². The lowest BCUT2D eigenvalue weighted by Gasteiger charge is -2.28. The van der Waals surface area contributed by atoms with Gasteiger partial charge >= 0.3 is 0 Å². The first-order valence-electron chi connectivity index (χ1n) is 11.5. The van der Waals surface area contributed by atoms with Gasteiger partial charge in [0.2, 0.25) is 6.79 Å². The number of benzene rings is 2. The Bertz CT molecular complexity index is 1210. The Balaban J connectivity index is 1.52. The molecule has 2 aromatic carbocycles. The Morgan fingerprint density at radius 3 is 2.71 bits per heavy atom. The molecule has 5 rings (SSSR count). The zero-order chi connectivity index (χ0) is 23.7. The van der Waals surface area contributed by atoms with E-state index in [1.54, 1.807) is 13.2 Å². The number of ether oxygens (including phenoxy) is 4. The van der Waals surface area contributed by atoms with Crippen LogP contribution in [0.3, 0.4) is 0 Å². The summed E-state index contributed by atoms with van der Waals surface area (Å²) in [6.45, 7) is 1.87. The molecule has 2 aliphatic heterocycles. The van der Waals surface area contributed by atoms with Crippen LogP contribution in [0.1, 0.15) is 28.8 Å². The summed E-state index contributed by atoms with van der Waals surface area (Å²) in [5.74, 6) is 2.81. The van der Waals surface area contributed by atoms with Crippen molar-refractivity contribution in [1.82, 2.24) is 9.88 Å². The summed E-state index contributed by atoms with van der Waals surface area (Å²) in [6.07, 6.45) is 1.99. The Morgan fingerprint density at radius 1 is 1.15 bits per heavy atom. The van der Waals surface area contributed by atoms with Crippen LogP contribution in [0, 0.1) is 0 Å². The minimum absolute atomic E-state index is 0.0274. The molecule has 2 aliphatic rings. The number of hydrogen-bond acceptors (Lipinski definition) is 7. The number of carbonyl (C=O) groups is 1. The van der Waals surface area contributed by atoms with Crippen molar-refractivity contribution in [3.63, 3.8) is 0 Å². The predicted octanol–water partition coefficient (Wildman–Crippen LogP) is 3.86. The maximum Gasteiger partial charge on any atom is 0.254 e. The summed E-state index contributed by atoms with van der Waals surface area (Å²) < 4.78 is 22.3. The third-order valence-corrected chi connectivity index (χ3v) is 6.20. The van der Waals surface area contributed by atoms with Crippen molar-refractivity contribution in [3.05, 3.63) is 53.6 Å². The zero-order valence-corrected chi connectivity index (χ0v) is 19.7. The average Bonchev–Trinajstić information content (AvgIpc) is 3.53. The van der Waals surface area contributed by atoms with Gasteiger partial charge in [-0.15, -0.1) is 0 Å². The molecule has 1 unspecified atom stereocenters. The monoisotopic (exact) mass is 463 g/mol. The second-order valence-electron chi connectivity index (χ2n) is 8.82. The fourth-order valence-corrected chi connectivity index (χ4v) is 4.50. The van der Waals surface area contributed by atoms with E-state index in [4.69, 9.17) is 23.9 Å². The van der Waals surface area contributed by atoms with Crippen LogP contribution in [0.2, 0.25) is 0 Å². The quantitative estimate of drug-likeness (QED) is 0.527. The van der Waals surface area contributed by atoms with E-state index in [9.17, 15) is 4.79 Å². The number of rotatable bonds is 7. The number of methoxy groups -OCH3 is 1. The topological polar surface area (TPSA) is 73.4 Å². The lowest BCUT2D eigenvalue weighted by atomic mass is 10.1. The van der Waals surface area contributed by atoms with Crippen LogP contribution >= 0.6 is 0 Å². The van der Waals surface area contributed by atoms with E-state index < -0.39 is 0 Å². The molecule has 34 heavy (non-hydrogen) atoms. The fraction of sp³-hybridized carbons (Fsp3) is 0.385. The molecule has 0 spiro atoms. The minimum Gasteiger partial charge on any atom is -0.497 e. The lowest BCUT2D eigenvalue weighted by molar-refractivity contribution is 0.0507. The van der Waals surface area contributed by atoms with Crippen LogP contribution in [-0.2, 0) is 11.3 Å². The summed E-state index contributed by atoms with van der Waals surface area (Å²) in [6, 6.07) is 13.2. The largest absolute Gasteiger partial charge is 0.497 e. The Kier molecular flexibility index (Phi) is 6.15. The number of pyridine rings is 1. The summed E-state index contributed by atoms with van der Waals surface area (Å²) in [5, 5.41) is 0.941. The first-order valence-corrected chi connectivity index (χ1v) is 11.5. The van der Waals surface area contributed by atoms with Gasteiger partial charge in [-0.2, -0.15) is 0 Å². The molecule has 1 amide bonds. The molecular formula is C26H29N3O5. The molecule has 0 radical (unpaired) electrons. The summed E-state index contributed by atoms with van der Waals surface area (Å²) in [4.78, 5) is 22.4. The van der Waals surface area contributed by atoms with E-state index in [1.165, 1.54) is 0 Å². The molecule has 0 bridgehead atoms. The van der Waals surface area contributed by atoms with Crippen molar-refractivity contribution in [2.75, 3.05) is 46.0 Å². The highest BCUT2D eigenvalue weighted by Gasteiger charge is 2.26. The number of anilines is 1. The van der Waals surface area contributed by atoms with E-state index in [0.29, 0.717) is 35.9 Å². The molecule has 1 aromatic heterocycles. The third-order valence-electron chi connectivity index (χ3n) is 6.20. The van der Waals surface area contributed by atoms with Crippen molar-refractivity contribution < 1.29 is 23.7 Å². The molecule has 8 nitrogen and oxygen atoms in total. The van der Waals surface area contributed by atoms with Crippen LogP contribution in [0.5, 0.6) is 17.2 Å². The maximum atomic E-state index is 13.6. The smallest absolute Gasteiger partial charge is 0.254 e. The Hall–Kier alpha value is -3.52. The lowest BCUT2D eigenvalue weighted by Crippen LogP contribution is -2.37. The normalized spacial score (nSPS) is 16.6. The van der Waals surface area contributed by atoms with Crippen LogP contribution < -0.4 is 19.1 Å². The highest BCUT2D eigenvalue weighted by molar-refractivity contribution is 5.95. The van der Waals surface area contributed by atoms with Gasteiger partial charge in [0, 0.05) is 56.4 Å².